The van der Waals surface area contributed by atoms with Crippen molar-refractivity contribution in [1.82, 2.24) is 0 Å². The zero-order chi connectivity index (χ0) is 13.6. The van der Waals surface area contributed by atoms with Gasteiger partial charge in [-0.05, 0) is 23.0 Å². The van der Waals surface area contributed by atoms with Gasteiger partial charge in [-0.15, -0.1) is 0 Å². The van der Waals surface area contributed by atoms with Crippen molar-refractivity contribution in [1.29, 1.82) is 0 Å². The summed E-state index contributed by atoms with van der Waals surface area (Å²) < 4.78 is 6.37. The fraction of sp³-hybridized carbons (Fsp3) is 0.929. The number of carbonyl (C=O) groups is 1. The molecule has 0 radical (unpaired) electrons. The van der Waals surface area contributed by atoms with Gasteiger partial charge < -0.3 is 9.22 Å². The smallest absolute Gasteiger partial charge is 0.200 e. The second-order valence-corrected chi connectivity index (χ2v) is 11.5. The molecule has 0 heterocycles. The first-order valence-corrected chi connectivity index (χ1v) is 9.02. The summed E-state index contributed by atoms with van der Waals surface area (Å²) in [5.74, 6) is 0.119. The second-order valence-electron chi connectivity index (χ2n) is 6.07. The minimum absolute atomic E-state index is 0.119. The molecule has 0 aromatic heterocycles. The zero-order valence-electron chi connectivity index (χ0n) is 12.6. The lowest BCUT2D eigenvalue weighted by molar-refractivity contribution is -0.111. The molecule has 0 aromatic carbocycles. The maximum atomic E-state index is 10.6. The van der Waals surface area contributed by atoms with Crippen molar-refractivity contribution in [3.05, 3.63) is 0 Å². The minimum atomic E-state index is -1.72. The Bertz CT molecular complexity index is 202. The molecule has 0 bridgehead atoms. The van der Waals surface area contributed by atoms with Crippen molar-refractivity contribution >= 4 is 14.6 Å². The molecule has 0 aromatic rings. The standard InChI is InChI=1S/C14H30O2Si/c1-11(2)17(12(3)4,13(5)6)16-9-8-14(7)10-15/h10-14H,8-9H2,1-7H3/t14-/m0/s1. The molecular formula is C14H30O2Si. The van der Waals surface area contributed by atoms with E-state index in [1.807, 2.05) is 6.92 Å². The monoisotopic (exact) mass is 258 g/mol. The lowest BCUT2D eigenvalue weighted by Crippen LogP contribution is -2.48. The Labute approximate surface area is 108 Å². The first-order valence-electron chi connectivity index (χ1n) is 6.88. The van der Waals surface area contributed by atoms with E-state index in [4.69, 9.17) is 4.43 Å². The molecule has 0 saturated carbocycles. The van der Waals surface area contributed by atoms with Gasteiger partial charge in [0.2, 0.25) is 0 Å². The van der Waals surface area contributed by atoms with Crippen LogP contribution in [0.5, 0.6) is 0 Å². The normalized spacial score (nSPS) is 14.7. The van der Waals surface area contributed by atoms with E-state index >= 15 is 0 Å². The summed E-state index contributed by atoms with van der Waals surface area (Å²) in [5.41, 5.74) is 1.86. The van der Waals surface area contributed by atoms with Crippen molar-refractivity contribution in [2.45, 2.75) is 71.5 Å². The summed E-state index contributed by atoms with van der Waals surface area (Å²) in [7, 11) is -1.72. The molecule has 0 aliphatic rings. The minimum Gasteiger partial charge on any atom is -0.416 e. The summed E-state index contributed by atoms with van der Waals surface area (Å²) in [4.78, 5) is 10.6. The van der Waals surface area contributed by atoms with Crippen molar-refractivity contribution in [3.63, 3.8) is 0 Å². The highest BCUT2D eigenvalue weighted by Crippen LogP contribution is 2.42. The van der Waals surface area contributed by atoms with E-state index in [1.165, 1.54) is 0 Å². The van der Waals surface area contributed by atoms with Crippen LogP contribution in [0.1, 0.15) is 54.9 Å². The predicted molar refractivity (Wildman–Crippen MR) is 76.8 cm³/mol. The van der Waals surface area contributed by atoms with Crippen LogP contribution < -0.4 is 0 Å². The number of rotatable bonds is 8. The van der Waals surface area contributed by atoms with Gasteiger partial charge in [-0.2, -0.15) is 0 Å². The first kappa shape index (κ1) is 16.8. The highest BCUT2D eigenvalue weighted by Gasteiger charge is 2.44. The Hall–Kier alpha value is -0.153. The van der Waals surface area contributed by atoms with Gasteiger partial charge in [0.25, 0.3) is 0 Å². The van der Waals surface area contributed by atoms with Gasteiger partial charge in [-0.25, -0.2) is 0 Å². The number of hydrogen-bond donors (Lipinski definition) is 0. The van der Waals surface area contributed by atoms with Crippen molar-refractivity contribution in [2.75, 3.05) is 6.61 Å². The Morgan fingerprint density at radius 2 is 1.35 bits per heavy atom. The lowest BCUT2D eigenvalue weighted by atomic mass is 10.1. The van der Waals surface area contributed by atoms with Gasteiger partial charge in [0.05, 0.1) is 0 Å². The zero-order valence-corrected chi connectivity index (χ0v) is 13.6. The average Bonchev–Trinajstić information content (AvgIpc) is 2.22. The fourth-order valence-corrected chi connectivity index (χ4v) is 8.46. The molecule has 0 spiro atoms. The van der Waals surface area contributed by atoms with E-state index < -0.39 is 8.32 Å². The predicted octanol–water partition coefficient (Wildman–Crippen LogP) is 4.40. The molecule has 1 atom stereocenters. The molecule has 0 N–H and O–H groups in total. The lowest BCUT2D eigenvalue weighted by Gasteiger charge is -2.42. The molecule has 0 rings (SSSR count). The van der Waals surface area contributed by atoms with Crippen molar-refractivity contribution < 1.29 is 9.22 Å². The Kier molecular flexibility index (Phi) is 7.25. The highest BCUT2D eigenvalue weighted by molar-refractivity contribution is 6.77. The number of hydrogen-bond acceptors (Lipinski definition) is 2. The third kappa shape index (κ3) is 4.22. The van der Waals surface area contributed by atoms with Gasteiger partial charge in [-0.3, -0.25) is 0 Å². The number of carbonyl (C=O) groups excluding carboxylic acids is 1. The summed E-state index contributed by atoms with van der Waals surface area (Å²) in [6.45, 7) is 16.4. The maximum Gasteiger partial charge on any atom is 0.200 e. The Morgan fingerprint density at radius 1 is 0.941 bits per heavy atom. The van der Waals surface area contributed by atoms with Crippen LogP contribution in [0.15, 0.2) is 0 Å². The van der Waals surface area contributed by atoms with Gasteiger partial charge in [0.15, 0.2) is 8.32 Å². The third-order valence-electron chi connectivity index (χ3n) is 3.86. The Balaban J connectivity index is 4.64. The SMILES string of the molecule is CC(C)[Si](OCC[C@H](C)C=O)(C(C)C)C(C)C. The van der Waals surface area contributed by atoms with Crippen LogP contribution in [0, 0.1) is 5.92 Å². The van der Waals surface area contributed by atoms with Crippen LogP contribution in [0.2, 0.25) is 16.6 Å². The molecule has 0 aliphatic heterocycles. The molecule has 0 amide bonds. The van der Waals surface area contributed by atoms with Crippen LogP contribution >= 0.6 is 0 Å². The van der Waals surface area contributed by atoms with Crippen LogP contribution in [-0.4, -0.2) is 21.2 Å². The van der Waals surface area contributed by atoms with E-state index in [-0.39, 0.29) is 5.92 Å². The van der Waals surface area contributed by atoms with Gasteiger partial charge in [-0.1, -0.05) is 48.5 Å². The Morgan fingerprint density at radius 3 is 1.65 bits per heavy atom. The topological polar surface area (TPSA) is 26.3 Å². The van der Waals surface area contributed by atoms with Gasteiger partial charge >= 0.3 is 0 Å². The van der Waals surface area contributed by atoms with E-state index in [2.05, 4.69) is 41.5 Å². The maximum absolute atomic E-state index is 10.6. The second kappa shape index (κ2) is 7.32. The molecular weight excluding hydrogens is 228 g/mol. The number of aldehydes is 1. The summed E-state index contributed by atoms with van der Waals surface area (Å²) in [6.07, 6.45) is 1.87. The van der Waals surface area contributed by atoms with Crippen LogP contribution in [0.25, 0.3) is 0 Å². The van der Waals surface area contributed by atoms with Gasteiger partial charge in [0.1, 0.15) is 6.29 Å². The van der Waals surface area contributed by atoms with E-state index in [0.29, 0.717) is 16.6 Å². The molecule has 0 fully saturated rings. The highest BCUT2D eigenvalue weighted by atomic mass is 28.4. The van der Waals surface area contributed by atoms with Gasteiger partial charge in [0, 0.05) is 12.5 Å². The van der Waals surface area contributed by atoms with Crippen molar-refractivity contribution in [3.8, 4) is 0 Å². The summed E-state index contributed by atoms with van der Waals surface area (Å²) in [5, 5.41) is 0. The molecule has 17 heavy (non-hydrogen) atoms. The molecule has 102 valence electrons. The molecule has 2 nitrogen and oxygen atoms in total. The summed E-state index contributed by atoms with van der Waals surface area (Å²) >= 11 is 0. The average molecular weight is 258 g/mol. The largest absolute Gasteiger partial charge is 0.416 e. The quantitative estimate of drug-likeness (QED) is 0.476. The van der Waals surface area contributed by atoms with E-state index in [9.17, 15) is 4.79 Å². The van der Waals surface area contributed by atoms with Crippen molar-refractivity contribution in [2.24, 2.45) is 5.92 Å². The van der Waals surface area contributed by atoms with E-state index in [0.717, 1.165) is 19.3 Å². The molecule has 0 saturated heterocycles. The third-order valence-corrected chi connectivity index (χ3v) is 9.98. The van der Waals surface area contributed by atoms with Crippen LogP contribution in [0.4, 0.5) is 0 Å². The molecule has 0 aliphatic carbocycles. The molecule has 3 heteroatoms. The van der Waals surface area contributed by atoms with Crippen LogP contribution in [-0.2, 0) is 9.22 Å². The first-order chi connectivity index (χ1) is 7.78. The van der Waals surface area contributed by atoms with E-state index in [1.54, 1.807) is 0 Å². The molecule has 0 unspecified atom stereocenters. The fourth-order valence-electron chi connectivity index (χ4n) is 2.99. The van der Waals surface area contributed by atoms with Crippen LogP contribution in [0.3, 0.4) is 0 Å². The summed E-state index contributed by atoms with van der Waals surface area (Å²) in [6, 6.07) is 0.